The Balaban J connectivity index is 1.52. The number of hydrogen-bond acceptors (Lipinski definition) is 3. The van der Waals surface area contributed by atoms with E-state index >= 15 is 0 Å². The van der Waals surface area contributed by atoms with Crippen LogP contribution < -0.4 is 0 Å². The molecule has 182 valence electrons. The molecule has 0 aromatic heterocycles. The molecule has 4 fully saturated rings. The van der Waals surface area contributed by atoms with Crippen molar-refractivity contribution in [2.75, 3.05) is 0 Å². The minimum Gasteiger partial charge on any atom is -0.381 e. The molecule has 0 heterocycles. The average molecular weight is 445 g/mol. The predicted octanol–water partition coefficient (Wildman–Crippen LogP) is 6.61. The minimum absolute atomic E-state index is 0.0298. The van der Waals surface area contributed by atoms with Crippen molar-refractivity contribution in [3.8, 4) is 0 Å². The highest BCUT2D eigenvalue weighted by Gasteiger charge is 2.67. The smallest absolute Gasteiger partial charge is 0.165 e. The molecular weight excluding hydrogens is 396 g/mol. The lowest BCUT2D eigenvalue weighted by Gasteiger charge is -2.62. The van der Waals surface area contributed by atoms with E-state index in [0.29, 0.717) is 42.4 Å². The van der Waals surface area contributed by atoms with Crippen molar-refractivity contribution < 1.29 is 14.7 Å². The highest BCUT2D eigenvalue weighted by Crippen LogP contribution is 2.68. The maximum atomic E-state index is 13.3. The fraction of sp³-hybridized carbons (Fsp3) is 0.931. The van der Waals surface area contributed by atoms with Crippen molar-refractivity contribution in [3.63, 3.8) is 0 Å². The van der Waals surface area contributed by atoms with Crippen molar-refractivity contribution in [3.05, 3.63) is 0 Å². The molecule has 3 heteroatoms. The molecule has 0 saturated heterocycles. The fourth-order valence-corrected chi connectivity index (χ4v) is 9.50. The van der Waals surface area contributed by atoms with Gasteiger partial charge in [-0.25, -0.2) is 0 Å². The molecule has 4 aliphatic carbocycles. The second kappa shape index (κ2) is 8.51. The molecular formula is C29H48O3. The standard InChI is InChI=1S/C29H48O3/c1-7-20(18(2)3)9-8-19(4)23-10-11-24-22-16-26(31)29(32)17-21(30)12-15-28(29,6)25(22)13-14-27(23,24)5/h18-20,22-25,32H,7-17H2,1-6H3/t19-,20-,22+,23-,24+,25+,27-,28-,29-/m1/s1. The first-order chi connectivity index (χ1) is 15.0. The van der Waals surface area contributed by atoms with Crippen molar-refractivity contribution in [1.29, 1.82) is 0 Å². The Bertz CT molecular complexity index is 743. The van der Waals surface area contributed by atoms with Crippen LogP contribution in [0, 0.1) is 52.3 Å². The number of ketones is 2. The Hall–Kier alpha value is -0.700. The summed E-state index contributed by atoms with van der Waals surface area (Å²) >= 11 is 0. The number of carbonyl (C=O) groups excluding carboxylic acids is 2. The van der Waals surface area contributed by atoms with Gasteiger partial charge in [0.25, 0.3) is 0 Å². The van der Waals surface area contributed by atoms with Gasteiger partial charge in [-0.2, -0.15) is 0 Å². The van der Waals surface area contributed by atoms with Crippen LogP contribution in [0.2, 0.25) is 0 Å². The van der Waals surface area contributed by atoms with E-state index in [2.05, 4.69) is 41.5 Å². The zero-order valence-electron chi connectivity index (χ0n) is 21.6. The zero-order chi connectivity index (χ0) is 23.5. The van der Waals surface area contributed by atoms with Crippen LogP contribution >= 0.6 is 0 Å². The van der Waals surface area contributed by atoms with Crippen molar-refractivity contribution in [1.82, 2.24) is 0 Å². The van der Waals surface area contributed by atoms with Gasteiger partial charge in [0.05, 0.1) is 0 Å². The SMILES string of the molecule is CC[C@H](CC[C@@H](C)[C@H]1CC[C@H]2[C@@H]3CC(=O)[C@]4(O)CC(=O)CC[C@]4(C)[C@H]3CC[C@]12C)C(C)C. The summed E-state index contributed by atoms with van der Waals surface area (Å²) in [5, 5.41) is 11.5. The summed E-state index contributed by atoms with van der Waals surface area (Å²) in [6.07, 6.45) is 10.6. The maximum absolute atomic E-state index is 13.3. The number of hydrogen-bond donors (Lipinski definition) is 1. The molecule has 0 aromatic carbocycles. The molecule has 32 heavy (non-hydrogen) atoms. The van der Waals surface area contributed by atoms with Gasteiger partial charge in [-0.3, -0.25) is 9.59 Å². The van der Waals surface area contributed by atoms with Gasteiger partial charge in [-0.05, 0) is 85.4 Å². The average Bonchev–Trinajstić information content (AvgIpc) is 3.08. The monoisotopic (exact) mass is 444 g/mol. The van der Waals surface area contributed by atoms with Crippen molar-refractivity contribution >= 4 is 11.6 Å². The Kier molecular flexibility index (Phi) is 6.49. The number of fused-ring (bicyclic) bond motifs is 5. The summed E-state index contributed by atoms with van der Waals surface area (Å²) in [5.74, 6) is 4.53. The molecule has 4 aliphatic rings. The molecule has 0 bridgehead atoms. The molecule has 0 radical (unpaired) electrons. The van der Waals surface area contributed by atoms with Gasteiger partial charge in [0.1, 0.15) is 11.4 Å². The zero-order valence-corrected chi connectivity index (χ0v) is 21.6. The van der Waals surface area contributed by atoms with E-state index in [1.807, 2.05) is 0 Å². The number of Topliss-reactive ketones (excluding diaryl/α,β-unsaturated/α-hetero) is 2. The van der Waals surface area contributed by atoms with Gasteiger partial charge < -0.3 is 5.11 Å². The quantitative estimate of drug-likeness (QED) is 0.502. The van der Waals surface area contributed by atoms with Crippen LogP contribution in [0.5, 0.6) is 0 Å². The van der Waals surface area contributed by atoms with Crippen LogP contribution in [0.3, 0.4) is 0 Å². The van der Waals surface area contributed by atoms with Gasteiger partial charge in [0.15, 0.2) is 5.78 Å². The Morgan fingerprint density at radius 2 is 1.72 bits per heavy atom. The van der Waals surface area contributed by atoms with E-state index in [1.54, 1.807) is 0 Å². The number of carbonyl (C=O) groups is 2. The van der Waals surface area contributed by atoms with Crippen molar-refractivity contribution in [2.45, 2.75) is 118 Å². The molecule has 0 aliphatic heterocycles. The van der Waals surface area contributed by atoms with E-state index in [1.165, 1.54) is 38.5 Å². The topological polar surface area (TPSA) is 54.4 Å². The summed E-state index contributed by atoms with van der Waals surface area (Å²) in [6, 6.07) is 0. The van der Waals surface area contributed by atoms with Gasteiger partial charge in [-0.15, -0.1) is 0 Å². The number of rotatable bonds is 6. The number of aliphatic hydroxyl groups is 1. The van der Waals surface area contributed by atoms with Crippen LogP contribution in [0.1, 0.15) is 112 Å². The van der Waals surface area contributed by atoms with Crippen LogP contribution in [-0.2, 0) is 9.59 Å². The minimum atomic E-state index is -1.41. The predicted molar refractivity (Wildman–Crippen MR) is 129 cm³/mol. The molecule has 3 nitrogen and oxygen atoms in total. The third-order valence-electron chi connectivity index (χ3n) is 11.7. The van der Waals surface area contributed by atoms with Crippen molar-refractivity contribution in [2.24, 2.45) is 52.3 Å². The van der Waals surface area contributed by atoms with Crippen LogP contribution in [0.4, 0.5) is 0 Å². The lowest BCUT2D eigenvalue weighted by molar-refractivity contribution is -0.203. The lowest BCUT2D eigenvalue weighted by atomic mass is 9.42. The first kappa shape index (κ1) is 24.4. The molecule has 4 saturated carbocycles. The highest BCUT2D eigenvalue weighted by atomic mass is 16.3. The van der Waals surface area contributed by atoms with Gasteiger partial charge in [-0.1, -0.05) is 54.4 Å². The Morgan fingerprint density at radius 1 is 1.00 bits per heavy atom. The summed E-state index contributed by atoms with van der Waals surface area (Å²) in [4.78, 5) is 25.5. The Morgan fingerprint density at radius 3 is 2.38 bits per heavy atom. The molecule has 0 aromatic rings. The summed E-state index contributed by atoms with van der Waals surface area (Å²) in [7, 11) is 0. The third-order valence-corrected chi connectivity index (χ3v) is 11.7. The third kappa shape index (κ3) is 3.55. The van der Waals surface area contributed by atoms with Gasteiger partial charge in [0, 0.05) is 24.7 Å². The van der Waals surface area contributed by atoms with Gasteiger partial charge >= 0.3 is 0 Å². The van der Waals surface area contributed by atoms with E-state index in [-0.39, 0.29) is 18.0 Å². The molecule has 9 atom stereocenters. The van der Waals surface area contributed by atoms with Crippen LogP contribution in [0.25, 0.3) is 0 Å². The fourth-order valence-electron chi connectivity index (χ4n) is 9.50. The first-order valence-corrected chi connectivity index (χ1v) is 13.7. The van der Waals surface area contributed by atoms with E-state index in [4.69, 9.17) is 0 Å². The summed E-state index contributed by atoms with van der Waals surface area (Å²) in [5.41, 5.74) is -1.50. The second-order valence-corrected chi connectivity index (χ2v) is 13.2. The largest absolute Gasteiger partial charge is 0.381 e. The van der Waals surface area contributed by atoms with Crippen LogP contribution in [0.15, 0.2) is 0 Å². The summed E-state index contributed by atoms with van der Waals surface area (Å²) in [6.45, 7) is 14.3. The maximum Gasteiger partial charge on any atom is 0.165 e. The molecule has 1 N–H and O–H groups in total. The van der Waals surface area contributed by atoms with E-state index in [9.17, 15) is 14.7 Å². The molecule has 0 unspecified atom stereocenters. The molecule has 0 amide bonds. The first-order valence-electron chi connectivity index (χ1n) is 13.7. The van der Waals surface area contributed by atoms with E-state index in [0.717, 1.165) is 30.1 Å². The second-order valence-electron chi connectivity index (χ2n) is 13.2. The highest BCUT2D eigenvalue weighted by molar-refractivity contribution is 5.96. The Labute approximate surface area is 196 Å². The van der Waals surface area contributed by atoms with Gasteiger partial charge in [0.2, 0.25) is 0 Å². The van der Waals surface area contributed by atoms with Crippen LogP contribution in [-0.4, -0.2) is 22.3 Å². The summed E-state index contributed by atoms with van der Waals surface area (Å²) < 4.78 is 0. The normalized spacial score (nSPS) is 45.9. The lowest BCUT2D eigenvalue weighted by Crippen LogP contribution is -2.66. The molecule has 0 spiro atoms. The van der Waals surface area contributed by atoms with E-state index < -0.39 is 11.0 Å². The molecule has 4 rings (SSSR count).